The summed E-state index contributed by atoms with van der Waals surface area (Å²) < 4.78 is 37.2. The maximum Gasteiger partial charge on any atom is 0.272 e. The number of anilines is 1. The van der Waals surface area contributed by atoms with Gasteiger partial charge in [0, 0.05) is 49.6 Å². The number of methoxy groups -OCH3 is 1. The molecule has 1 aromatic carbocycles. The Labute approximate surface area is 199 Å². The number of benzene rings is 1. The number of allylic oxidation sites excluding steroid dienone is 2. The van der Waals surface area contributed by atoms with Crippen molar-refractivity contribution in [3.63, 3.8) is 0 Å². The zero-order valence-corrected chi connectivity index (χ0v) is 19.2. The Hall–Kier alpha value is -4.41. The van der Waals surface area contributed by atoms with Crippen LogP contribution in [0, 0.1) is 0 Å². The first kappa shape index (κ1) is 23.7. The number of ether oxygens (including phenoxy) is 2. The van der Waals surface area contributed by atoms with Gasteiger partial charge in [0.2, 0.25) is 11.8 Å². The highest BCUT2D eigenvalue weighted by Gasteiger charge is 2.20. The van der Waals surface area contributed by atoms with E-state index in [1.807, 2.05) is 31.4 Å². The van der Waals surface area contributed by atoms with Crippen LogP contribution in [0.1, 0.15) is 5.56 Å². The number of aldehydes is 1. The lowest BCUT2D eigenvalue weighted by molar-refractivity contribution is -0.103. The summed E-state index contributed by atoms with van der Waals surface area (Å²) in [5.74, 6) is 0.316. The van der Waals surface area contributed by atoms with Crippen LogP contribution < -0.4 is 9.75 Å². The number of carbonyl (C=O) groups excluding carboxylic acids is 1. The van der Waals surface area contributed by atoms with Gasteiger partial charge in [-0.15, -0.1) is 0 Å². The maximum atomic E-state index is 12.7. The zero-order valence-electron chi connectivity index (χ0n) is 19.2. The van der Waals surface area contributed by atoms with Crippen LogP contribution in [0.25, 0.3) is 16.5 Å². The number of carbonyl (C=O) groups is 1. The first-order valence-corrected chi connectivity index (χ1v) is 10.5. The molecule has 1 aliphatic rings. The highest BCUT2D eigenvalue weighted by molar-refractivity contribution is 6.25. The molecule has 35 heavy (non-hydrogen) atoms. The molecule has 2 aromatic heterocycles. The molecule has 1 aliphatic heterocycles. The van der Waals surface area contributed by atoms with E-state index in [1.54, 1.807) is 34.9 Å². The molecule has 9 nitrogen and oxygen atoms in total. The SMILES string of the molecule is COc1ccc(/C(C=O)=C2\N=C(OCC(F)F)C=C\C2=N\N(C)c2ccc3nn(C)cc3c2)cn1. The number of aliphatic imine (C=N–C) groups is 1. The highest BCUT2D eigenvalue weighted by Crippen LogP contribution is 2.25. The standard InChI is InChI=1S/C24H22F2N6O3/c1-31-12-16-10-17(5-6-19(16)29-31)32(2)30-20-7-9-23(35-14-21(25)26)28-24(20)18(13-33)15-4-8-22(34-3)27-11-15/h4-13,21H,14H2,1-3H3/b24-18-,30-20-. The Kier molecular flexibility index (Phi) is 6.95. The van der Waals surface area contributed by atoms with Gasteiger partial charge in [0.25, 0.3) is 6.43 Å². The molecular formula is C24H22F2N6O3. The number of pyridine rings is 1. The number of hydrogen-bond acceptors (Lipinski definition) is 8. The molecule has 0 aliphatic carbocycles. The van der Waals surface area contributed by atoms with Gasteiger partial charge >= 0.3 is 0 Å². The van der Waals surface area contributed by atoms with E-state index in [0.29, 0.717) is 23.4 Å². The Balaban J connectivity index is 1.76. The molecule has 0 saturated heterocycles. The van der Waals surface area contributed by atoms with E-state index in [2.05, 4.69) is 20.2 Å². The smallest absolute Gasteiger partial charge is 0.272 e. The third kappa shape index (κ3) is 5.40. The number of fused-ring (bicyclic) bond motifs is 1. The molecule has 0 fully saturated rings. The number of hydrogen-bond donors (Lipinski definition) is 0. The van der Waals surface area contributed by atoms with Crippen LogP contribution in [0.15, 0.2) is 70.7 Å². The lowest BCUT2D eigenvalue weighted by Gasteiger charge is -2.18. The summed E-state index contributed by atoms with van der Waals surface area (Å²) in [6.07, 6.45) is 4.28. The average molecular weight is 480 g/mol. The Bertz CT molecular complexity index is 1360. The number of aromatic nitrogens is 3. The number of alkyl halides is 2. The molecule has 0 radical (unpaired) electrons. The number of nitrogens with zero attached hydrogens (tertiary/aromatic N) is 6. The van der Waals surface area contributed by atoms with Gasteiger partial charge in [0.1, 0.15) is 11.4 Å². The predicted molar refractivity (Wildman–Crippen MR) is 129 cm³/mol. The van der Waals surface area contributed by atoms with E-state index >= 15 is 0 Å². The van der Waals surface area contributed by atoms with Gasteiger partial charge < -0.3 is 9.47 Å². The second-order valence-electron chi connectivity index (χ2n) is 7.51. The molecule has 180 valence electrons. The largest absolute Gasteiger partial charge is 0.481 e. The molecule has 0 amide bonds. The van der Waals surface area contributed by atoms with Gasteiger partial charge in [-0.05, 0) is 30.3 Å². The maximum absolute atomic E-state index is 12.7. The van der Waals surface area contributed by atoms with Gasteiger partial charge in [-0.2, -0.15) is 10.2 Å². The van der Waals surface area contributed by atoms with Crippen LogP contribution in [0.4, 0.5) is 14.5 Å². The molecule has 4 rings (SSSR count). The third-order valence-electron chi connectivity index (χ3n) is 5.07. The summed E-state index contributed by atoms with van der Waals surface area (Å²) in [6, 6.07) is 8.92. The molecule has 3 heterocycles. The number of rotatable bonds is 7. The van der Waals surface area contributed by atoms with E-state index < -0.39 is 13.0 Å². The average Bonchev–Trinajstić information content (AvgIpc) is 3.24. The summed E-state index contributed by atoms with van der Waals surface area (Å²) in [4.78, 5) is 20.6. The van der Waals surface area contributed by atoms with Gasteiger partial charge in [-0.3, -0.25) is 14.5 Å². The van der Waals surface area contributed by atoms with Crippen molar-refractivity contribution in [2.45, 2.75) is 6.43 Å². The van der Waals surface area contributed by atoms with Crippen LogP contribution in [0.5, 0.6) is 5.88 Å². The van der Waals surface area contributed by atoms with Crippen molar-refractivity contribution in [3.8, 4) is 5.88 Å². The van der Waals surface area contributed by atoms with Gasteiger partial charge in [-0.25, -0.2) is 18.8 Å². The summed E-state index contributed by atoms with van der Waals surface area (Å²) >= 11 is 0. The van der Waals surface area contributed by atoms with Gasteiger partial charge in [0.05, 0.1) is 23.9 Å². The molecule has 0 N–H and O–H groups in total. The van der Waals surface area contributed by atoms with Crippen molar-refractivity contribution in [2.24, 2.45) is 17.1 Å². The number of dihydropyridines is 1. The monoisotopic (exact) mass is 480 g/mol. The first-order valence-electron chi connectivity index (χ1n) is 10.5. The van der Waals surface area contributed by atoms with Gasteiger partial charge in [0.15, 0.2) is 12.9 Å². The number of aryl methyl sites for hydroxylation is 1. The second kappa shape index (κ2) is 10.2. The summed E-state index contributed by atoms with van der Waals surface area (Å²) in [7, 11) is 5.07. The van der Waals surface area contributed by atoms with Crippen molar-refractivity contribution in [3.05, 3.63) is 66.1 Å². The molecule has 0 bridgehead atoms. The van der Waals surface area contributed by atoms with E-state index in [9.17, 15) is 13.6 Å². The number of hydrazone groups is 1. The second-order valence-corrected chi connectivity index (χ2v) is 7.51. The minimum absolute atomic E-state index is 0.0560. The minimum atomic E-state index is -2.67. The third-order valence-corrected chi connectivity index (χ3v) is 5.07. The Morgan fingerprint density at radius 3 is 2.77 bits per heavy atom. The van der Waals surface area contributed by atoms with Crippen LogP contribution in [-0.4, -0.2) is 59.8 Å². The predicted octanol–water partition coefficient (Wildman–Crippen LogP) is 3.63. The summed E-state index contributed by atoms with van der Waals surface area (Å²) in [6.45, 7) is -0.825. The molecule has 0 spiro atoms. The van der Waals surface area contributed by atoms with E-state index in [-0.39, 0.29) is 17.2 Å². The summed E-state index contributed by atoms with van der Waals surface area (Å²) in [5, 5.41) is 11.5. The van der Waals surface area contributed by atoms with Gasteiger partial charge in [-0.1, -0.05) is 0 Å². The highest BCUT2D eigenvalue weighted by atomic mass is 19.3. The van der Waals surface area contributed by atoms with Crippen LogP contribution >= 0.6 is 0 Å². The Morgan fingerprint density at radius 2 is 2.09 bits per heavy atom. The van der Waals surface area contributed by atoms with Crippen molar-refractivity contribution in [1.82, 2.24) is 14.8 Å². The van der Waals surface area contributed by atoms with E-state index in [0.717, 1.165) is 16.6 Å². The van der Waals surface area contributed by atoms with Crippen molar-refractivity contribution >= 4 is 40.1 Å². The fourth-order valence-corrected chi connectivity index (χ4v) is 3.42. The molecular weight excluding hydrogens is 458 g/mol. The zero-order chi connectivity index (χ0) is 24.9. The Morgan fingerprint density at radius 1 is 1.26 bits per heavy atom. The molecule has 0 unspecified atom stereocenters. The van der Waals surface area contributed by atoms with Crippen molar-refractivity contribution < 1.29 is 23.0 Å². The fourth-order valence-electron chi connectivity index (χ4n) is 3.42. The quantitative estimate of drug-likeness (QED) is 0.291. The topological polar surface area (TPSA) is 94.2 Å². The normalized spacial score (nSPS) is 15.9. The molecule has 3 aromatic rings. The van der Waals surface area contributed by atoms with Crippen molar-refractivity contribution in [1.29, 1.82) is 0 Å². The first-order chi connectivity index (χ1) is 16.9. The molecule has 0 saturated carbocycles. The minimum Gasteiger partial charge on any atom is -0.481 e. The van der Waals surface area contributed by atoms with E-state index in [1.165, 1.54) is 19.4 Å². The molecule has 11 heteroatoms. The number of halogens is 2. The fraction of sp³-hybridized carbons (Fsp3) is 0.208. The van der Waals surface area contributed by atoms with Crippen molar-refractivity contribution in [2.75, 3.05) is 25.8 Å². The lowest BCUT2D eigenvalue weighted by Crippen LogP contribution is -2.19. The van der Waals surface area contributed by atoms with Crippen LogP contribution in [-0.2, 0) is 16.6 Å². The summed E-state index contributed by atoms with van der Waals surface area (Å²) in [5.41, 5.74) is 2.73. The van der Waals surface area contributed by atoms with Crippen LogP contribution in [0.2, 0.25) is 0 Å². The van der Waals surface area contributed by atoms with E-state index in [4.69, 9.17) is 9.47 Å². The molecule has 0 atom stereocenters. The van der Waals surface area contributed by atoms with Crippen LogP contribution in [0.3, 0.4) is 0 Å². The lowest BCUT2D eigenvalue weighted by atomic mass is 10.0.